The van der Waals surface area contributed by atoms with E-state index in [1.165, 1.54) is 5.56 Å². The van der Waals surface area contributed by atoms with Gasteiger partial charge in [0.05, 0.1) is 12.0 Å². The van der Waals surface area contributed by atoms with Crippen molar-refractivity contribution in [3.8, 4) is 6.07 Å². The van der Waals surface area contributed by atoms with Crippen molar-refractivity contribution in [1.82, 2.24) is 4.90 Å². The second-order valence-electron chi connectivity index (χ2n) is 4.90. The van der Waals surface area contributed by atoms with Crippen molar-refractivity contribution in [3.63, 3.8) is 0 Å². The van der Waals surface area contributed by atoms with Crippen LogP contribution in [0.15, 0.2) is 30.3 Å². The molecule has 0 aromatic heterocycles. The van der Waals surface area contributed by atoms with Crippen molar-refractivity contribution in [2.75, 3.05) is 6.54 Å². The topological polar surface area (TPSA) is 44.1 Å². The lowest BCUT2D eigenvalue weighted by Crippen LogP contribution is -2.28. The highest BCUT2D eigenvalue weighted by molar-refractivity contribution is 5.80. The van der Waals surface area contributed by atoms with Gasteiger partial charge in [0.25, 0.3) is 0 Å². The SMILES string of the molecule is N#CC1CC(=O)N(C2CC2c2ccccc2)C1. The Morgan fingerprint density at radius 1 is 1.29 bits per heavy atom. The number of nitrogens with zero attached hydrogens (tertiary/aromatic N) is 2. The van der Waals surface area contributed by atoms with Gasteiger partial charge in [0.2, 0.25) is 5.91 Å². The van der Waals surface area contributed by atoms with Gasteiger partial charge < -0.3 is 4.90 Å². The number of likely N-dealkylation sites (tertiary alicyclic amines) is 1. The van der Waals surface area contributed by atoms with Gasteiger partial charge in [-0.2, -0.15) is 5.26 Å². The zero-order valence-electron chi connectivity index (χ0n) is 9.54. The van der Waals surface area contributed by atoms with Gasteiger partial charge in [-0.15, -0.1) is 0 Å². The number of hydrogen-bond acceptors (Lipinski definition) is 2. The van der Waals surface area contributed by atoms with Gasteiger partial charge in [-0.05, 0) is 12.0 Å². The van der Waals surface area contributed by atoms with Crippen LogP contribution in [-0.4, -0.2) is 23.4 Å². The number of rotatable bonds is 2. The average Bonchev–Trinajstić information content (AvgIpc) is 3.07. The Hall–Kier alpha value is -1.82. The van der Waals surface area contributed by atoms with Gasteiger partial charge in [0.15, 0.2) is 0 Å². The van der Waals surface area contributed by atoms with E-state index in [0.29, 0.717) is 24.9 Å². The van der Waals surface area contributed by atoms with E-state index in [1.54, 1.807) is 0 Å². The largest absolute Gasteiger partial charge is 0.338 e. The molecule has 1 saturated carbocycles. The fourth-order valence-electron chi connectivity index (χ4n) is 2.72. The molecule has 3 unspecified atom stereocenters. The maximum Gasteiger partial charge on any atom is 0.224 e. The molecule has 0 N–H and O–H groups in total. The lowest BCUT2D eigenvalue weighted by atomic mass is 10.1. The standard InChI is InChI=1S/C14H14N2O/c15-8-10-6-14(17)16(9-10)13-7-12(13)11-4-2-1-3-5-11/h1-5,10,12-13H,6-7,9H2. The molecule has 17 heavy (non-hydrogen) atoms. The molecule has 3 atom stereocenters. The van der Waals surface area contributed by atoms with E-state index in [4.69, 9.17) is 5.26 Å². The first kappa shape index (κ1) is 10.3. The summed E-state index contributed by atoms with van der Waals surface area (Å²) in [4.78, 5) is 13.7. The van der Waals surface area contributed by atoms with Crippen LogP contribution >= 0.6 is 0 Å². The molecule has 0 bridgehead atoms. The van der Waals surface area contributed by atoms with E-state index in [9.17, 15) is 4.79 Å². The van der Waals surface area contributed by atoms with Crippen molar-refractivity contribution in [2.45, 2.75) is 24.8 Å². The van der Waals surface area contributed by atoms with Crippen LogP contribution in [0.2, 0.25) is 0 Å². The Morgan fingerprint density at radius 3 is 2.71 bits per heavy atom. The molecule has 1 amide bonds. The van der Waals surface area contributed by atoms with Crippen LogP contribution in [0.5, 0.6) is 0 Å². The molecule has 86 valence electrons. The first-order chi connectivity index (χ1) is 8.29. The van der Waals surface area contributed by atoms with Gasteiger partial charge in [-0.3, -0.25) is 4.79 Å². The van der Waals surface area contributed by atoms with E-state index in [-0.39, 0.29) is 11.8 Å². The van der Waals surface area contributed by atoms with Crippen molar-refractivity contribution in [2.24, 2.45) is 5.92 Å². The second-order valence-corrected chi connectivity index (χ2v) is 4.90. The summed E-state index contributed by atoms with van der Waals surface area (Å²) >= 11 is 0. The summed E-state index contributed by atoms with van der Waals surface area (Å²) in [7, 11) is 0. The third kappa shape index (κ3) is 1.80. The molecule has 2 aliphatic rings. The number of hydrogen-bond donors (Lipinski definition) is 0. The number of carbonyl (C=O) groups excluding carboxylic acids is 1. The van der Waals surface area contributed by atoms with Crippen LogP contribution < -0.4 is 0 Å². The van der Waals surface area contributed by atoms with E-state index in [2.05, 4.69) is 18.2 Å². The highest BCUT2D eigenvalue weighted by atomic mass is 16.2. The predicted molar refractivity (Wildman–Crippen MR) is 63.0 cm³/mol. The van der Waals surface area contributed by atoms with Gasteiger partial charge in [0, 0.05) is 24.9 Å². The fourth-order valence-corrected chi connectivity index (χ4v) is 2.72. The molecule has 1 saturated heterocycles. The summed E-state index contributed by atoms with van der Waals surface area (Å²) in [6, 6.07) is 12.9. The molecule has 0 spiro atoms. The van der Waals surface area contributed by atoms with E-state index in [0.717, 1.165) is 6.42 Å². The molecule has 3 nitrogen and oxygen atoms in total. The van der Waals surface area contributed by atoms with Crippen LogP contribution in [0, 0.1) is 17.2 Å². The quantitative estimate of drug-likeness (QED) is 0.773. The van der Waals surface area contributed by atoms with Crippen molar-refractivity contribution < 1.29 is 4.79 Å². The molecule has 2 fully saturated rings. The van der Waals surface area contributed by atoms with Crippen molar-refractivity contribution in [1.29, 1.82) is 5.26 Å². The summed E-state index contributed by atoms with van der Waals surface area (Å²) in [5.74, 6) is 0.539. The van der Waals surface area contributed by atoms with E-state index in [1.807, 2.05) is 23.1 Å². The minimum atomic E-state index is -0.0977. The first-order valence-electron chi connectivity index (χ1n) is 6.03. The Morgan fingerprint density at radius 2 is 2.06 bits per heavy atom. The lowest BCUT2D eigenvalue weighted by molar-refractivity contribution is -0.128. The summed E-state index contributed by atoms with van der Waals surface area (Å²) in [5.41, 5.74) is 1.31. The first-order valence-corrected chi connectivity index (χ1v) is 6.03. The molecular formula is C14H14N2O. The molecule has 3 heteroatoms. The van der Waals surface area contributed by atoms with Crippen LogP contribution in [-0.2, 0) is 4.79 Å². The van der Waals surface area contributed by atoms with Crippen LogP contribution in [0.4, 0.5) is 0 Å². The van der Waals surface area contributed by atoms with Crippen LogP contribution in [0.3, 0.4) is 0 Å². The fraction of sp³-hybridized carbons (Fsp3) is 0.429. The molecule has 1 aromatic carbocycles. The minimum Gasteiger partial charge on any atom is -0.338 e. The summed E-state index contributed by atoms with van der Waals surface area (Å²) in [5, 5.41) is 8.86. The molecule has 1 aliphatic heterocycles. The highest BCUT2D eigenvalue weighted by Gasteiger charge is 2.47. The zero-order valence-corrected chi connectivity index (χ0v) is 9.54. The maximum absolute atomic E-state index is 11.8. The van der Waals surface area contributed by atoms with Crippen molar-refractivity contribution in [3.05, 3.63) is 35.9 Å². The summed E-state index contributed by atoms with van der Waals surface area (Å²) < 4.78 is 0. The summed E-state index contributed by atoms with van der Waals surface area (Å²) in [6.07, 6.45) is 1.46. The zero-order chi connectivity index (χ0) is 11.8. The predicted octanol–water partition coefficient (Wildman–Crippen LogP) is 1.91. The van der Waals surface area contributed by atoms with Crippen LogP contribution in [0.1, 0.15) is 24.3 Å². The number of carbonyl (C=O) groups is 1. The summed E-state index contributed by atoms with van der Waals surface area (Å²) in [6.45, 7) is 0.628. The maximum atomic E-state index is 11.8. The Labute approximate surface area is 101 Å². The molecule has 1 aromatic rings. The highest BCUT2D eigenvalue weighted by Crippen LogP contribution is 2.46. The lowest BCUT2D eigenvalue weighted by Gasteiger charge is -2.15. The van der Waals surface area contributed by atoms with Gasteiger partial charge in [-0.1, -0.05) is 30.3 Å². The average molecular weight is 226 g/mol. The Balaban J connectivity index is 1.70. The third-order valence-electron chi connectivity index (χ3n) is 3.73. The van der Waals surface area contributed by atoms with Gasteiger partial charge in [-0.25, -0.2) is 0 Å². The number of amides is 1. The monoisotopic (exact) mass is 226 g/mol. The number of nitriles is 1. The smallest absolute Gasteiger partial charge is 0.224 e. The molecule has 3 rings (SSSR count). The van der Waals surface area contributed by atoms with Gasteiger partial charge >= 0.3 is 0 Å². The van der Waals surface area contributed by atoms with E-state index >= 15 is 0 Å². The minimum absolute atomic E-state index is 0.0977. The molecule has 0 radical (unpaired) electrons. The van der Waals surface area contributed by atoms with Gasteiger partial charge in [0.1, 0.15) is 0 Å². The molecule has 1 aliphatic carbocycles. The Kier molecular flexibility index (Phi) is 2.36. The normalized spacial score (nSPS) is 31.4. The second kappa shape index (κ2) is 3.89. The van der Waals surface area contributed by atoms with Crippen LogP contribution in [0.25, 0.3) is 0 Å². The van der Waals surface area contributed by atoms with Crippen molar-refractivity contribution >= 4 is 5.91 Å². The number of benzene rings is 1. The van der Waals surface area contributed by atoms with E-state index < -0.39 is 0 Å². The third-order valence-corrected chi connectivity index (χ3v) is 3.73. The molecule has 1 heterocycles. The Bertz CT molecular complexity index is 477. The molecular weight excluding hydrogens is 212 g/mol.